The monoisotopic (exact) mass is 400 g/mol. The van der Waals surface area contributed by atoms with E-state index in [1.807, 2.05) is 0 Å². The van der Waals surface area contributed by atoms with Gasteiger partial charge >= 0.3 is 6.18 Å². The van der Waals surface area contributed by atoms with E-state index in [2.05, 4.69) is 10.1 Å². The van der Waals surface area contributed by atoms with E-state index < -0.39 is 11.9 Å². The van der Waals surface area contributed by atoms with Crippen LogP contribution < -0.4 is 0 Å². The van der Waals surface area contributed by atoms with E-state index >= 15 is 0 Å². The van der Waals surface area contributed by atoms with E-state index in [9.17, 15) is 22.8 Å². The number of Topliss-reactive ketones (excluding diaryl/α,β-unsaturated/α-hetero) is 1. The highest BCUT2D eigenvalue weighted by Gasteiger charge is 2.35. The van der Waals surface area contributed by atoms with Gasteiger partial charge in [0.15, 0.2) is 11.5 Å². The molecule has 0 N–H and O–H groups in total. The van der Waals surface area contributed by atoms with E-state index in [4.69, 9.17) is 0 Å². The molecule has 0 aliphatic carbocycles. The van der Waals surface area contributed by atoms with Crippen LogP contribution in [0.1, 0.15) is 52.6 Å². The van der Waals surface area contributed by atoms with Crippen LogP contribution in [-0.2, 0) is 17.5 Å². The summed E-state index contributed by atoms with van der Waals surface area (Å²) in [5.74, 6) is -0.343. The van der Waals surface area contributed by atoms with Crippen LogP contribution in [0.3, 0.4) is 0 Å². The summed E-state index contributed by atoms with van der Waals surface area (Å²) in [6.45, 7) is 3.71. The number of nitrogens with zero attached hydrogens (tertiary/aromatic N) is 4. The SMILES string of the molecule is CC(=O)c1csc(C2CCCN(C(=O)Cn3nc(C(F)(F)F)cc3C)C2)n1. The maximum atomic E-state index is 12.8. The predicted molar refractivity (Wildman–Crippen MR) is 92.6 cm³/mol. The van der Waals surface area contributed by atoms with E-state index in [-0.39, 0.29) is 29.8 Å². The summed E-state index contributed by atoms with van der Waals surface area (Å²) in [6, 6.07) is 0.936. The minimum absolute atomic E-state index is 0.0326. The lowest BCUT2D eigenvalue weighted by atomic mass is 9.98. The molecule has 1 aliphatic rings. The Hall–Kier alpha value is -2.23. The third-order valence-corrected chi connectivity index (χ3v) is 5.57. The van der Waals surface area contributed by atoms with Gasteiger partial charge < -0.3 is 4.90 Å². The summed E-state index contributed by atoms with van der Waals surface area (Å²) in [7, 11) is 0. The van der Waals surface area contributed by atoms with Crippen LogP contribution in [-0.4, -0.2) is 44.4 Å². The highest BCUT2D eigenvalue weighted by Crippen LogP contribution is 2.30. The van der Waals surface area contributed by atoms with Crippen molar-refractivity contribution in [1.29, 1.82) is 0 Å². The lowest BCUT2D eigenvalue weighted by Gasteiger charge is -2.32. The molecule has 0 saturated carbocycles. The Kier molecular flexibility index (Phi) is 5.36. The van der Waals surface area contributed by atoms with Gasteiger partial charge in [-0.05, 0) is 25.8 Å². The number of aryl methyl sites for hydroxylation is 1. The molecule has 1 fully saturated rings. The number of alkyl halides is 3. The van der Waals surface area contributed by atoms with Crippen LogP contribution in [0.15, 0.2) is 11.4 Å². The number of halogens is 3. The number of aromatic nitrogens is 3. The molecule has 1 unspecified atom stereocenters. The quantitative estimate of drug-likeness (QED) is 0.739. The molecule has 3 heterocycles. The molecular formula is C17H19F3N4O2S. The van der Waals surface area contributed by atoms with Crippen molar-refractivity contribution in [2.75, 3.05) is 13.1 Å². The summed E-state index contributed by atoms with van der Waals surface area (Å²) < 4.78 is 39.4. The molecule has 10 heteroatoms. The molecule has 146 valence electrons. The van der Waals surface area contributed by atoms with Gasteiger partial charge in [0.25, 0.3) is 0 Å². The number of hydrogen-bond donors (Lipinski definition) is 0. The fraction of sp³-hybridized carbons (Fsp3) is 0.529. The first-order valence-electron chi connectivity index (χ1n) is 8.51. The number of carbonyl (C=O) groups excluding carboxylic acids is 2. The fourth-order valence-corrected chi connectivity index (χ4v) is 4.07. The maximum Gasteiger partial charge on any atom is 0.435 e. The third-order valence-electron chi connectivity index (χ3n) is 4.56. The van der Waals surface area contributed by atoms with Crippen molar-refractivity contribution in [3.63, 3.8) is 0 Å². The smallest absolute Gasteiger partial charge is 0.340 e. The van der Waals surface area contributed by atoms with Crippen LogP contribution >= 0.6 is 11.3 Å². The van der Waals surface area contributed by atoms with Gasteiger partial charge in [0.1, 0.15) is 12.2 Å². The van der Waals surface area contributed by atoms with Crippen LogP contribution in [0.25, 0.3) is 0 Å². The largest absolute Gasteiger partial charge is 0.435 e. The molecule has 1 saturated heterocycles. The Bertz CT molecular complexity index is 859. The molecule has 1 amide bonds. The molecule has 6 nitrogen and oxygen atoms in total. The molecule has 0 aromatic carbocycles. The van der Waals surface area contributed by atoms with Crippen LogP contribution in [0, 0.1) is 6.92 Å². The lowest BCUT2D eigenvalue weighted by Crippen LogP contribution is -2.41. The first-order chi connectivity index (χ1) is 12.6. The van der Waals surface area contributed by atoms with Crippen molar-refractivity contribution in [2.24, 2.45) is 0 Å². The molecule has 0 bridgehead atoms. The number of piperidine rings is 1. The van der Waals surface area contributed by atoms with Crippen molar-refractivity contribution in [1.82, 2.24) is 19.7 Å². The van der Waals surface area contributed by atoms with Gasteiger partial charge in [0, 0.05) is 37.0 Å². The standard InChI is InChI=1S/C17H19F3N4O2S/c1-10-6-14(17(18,19)20)22-24(10)8-15(26)23-5-3-4-12(7-23)16-21-13(9-27-16)11(2)25/h6,9,12H,3-5,7-8H2,1-2H3. The Morgan fingerprint density at radius 2 is 2.11 bits per heavy atom. The number of hydrogen-bond acceptors (Lipinski definition) is 5. The van der Waals surface area contributed by atoms with Gasteiger partial charge in [-0.1, -0.05) is 0 Å². The van der Waals surface area contributed by atoms with Gasteiger partial charge in [-0.2, -0.15) is 18.3 Å². The fourth-order valence-electron chi connectivity index (χ4n) is 3.08. The Morgan fingerprint density at radius 1 is 1.37 bits per heavy atom. The topological polar surface area (TPSA) is 68.1 Å². The molecule has 2 aromatic rings. The van der Waals surface area contributed by atoms with Crippen molar-refractivity contribution in [3.8, 4) is 0 Å². The number of thiazole rings is 1. The lowest BCUT2D eigenvalue weighted by molar-refractivity contribution is -0.142. The van der Waals surface area contributed by atoms with Crippen LogP contribution in [0.2, 0.25) is 0 Å². The molecule has 3 rings (SSSR count). The predicted octanol–water partition coefficient (Wildman–Crippen LogP) is 3.28. The maximum absolute atomic E-state index is 12.8. The summed E-state index contributed by atoms with van der Waals surface area (Å²) >= 11 is 1.40. The van der Waals surface area contributed by atoms with Gasteiger partial charge in [0.05, 0.1) is 5.01 Å². The zero-order chi connectivity index (χ0) is 19.8. The second kappa shape index (κ2) is 7.41. The number of amides is 1. The minimum Gasteiger partial charge on any atom is -0.340 e. The van der Waals surface area contributed by atoms with Gasteiger partial charge in [0.2, 0.25) is 5.91 Å². The Morgan fingerprint density at radius 3 is 2.70 bits per heavy atom. The zero-order valence-corrected chi connectivity index (χ0v) is 15.7. The van der Waals surface area contributed by atoms with Gasteiger partial charge in [-0.25, -0.2) is 4.98 Å². The highest BCUT2D eigenvalue weighted by atomic mass is 32.1. The van der Waals surface area contributed by atoms with E-state index in [1.165, 1.54) is 25.2 Å². The van der Waals surface area contributed by atoms with Crippen LogP contribution in [0.4, 0.5) is 13.2 Å². The van der Waals surface area contributed by atoms with Gasteiger partial charge in [-0.3, -0.25) is 14.3 Å². The zero-order valence-electron chi connectivity index (χ0n) is 14.9. The minimum atomic E-state index is -4.53. The summed E-state index contributed by atoms with van der Waals surface area (Å²) in [6.07, 6.45) is -2.90. The molecule has 2 aromatic heterocycles. The molecule has 27 heavy (non-hydrogen) atoms. The molecule has 0 spiro atoms. The van der Waals surface area contributed by atoms with Crippen molar-refractivity contribution >= 4 is 23.0 Å². The number of carbonyl (C=O) groups is 2. The molecule has 0 radical (unpaired) electrons. The third kappa shape index (κ3) is 4.37. The van der Waals surface area contributed by atoms with Crippen LogP contribution in [0.5, 0.6) is 0 Å². The van der Waals surface area contributed by atoms with Crippen molar-refractivity contribution < 1.29 is 22.8 Å². The summed E-state index contributed by atoms with van der Waals surface area (Å²) in [5.41, 5.74) is -0.288. The first-order valence-corrected chi connectivity index (χ1v) is 9.39. The number of rotatable bonds is 4. The number of ketones is 1. The second-order valence-corrected chi connectivity index (χ2v) is 7.52. The average Bonchev–Trinajstić information content (AvgIpc) is 3.22. The number of likely N-dealkylation sites (tertiary alicyclic amines) is 1. The van der Waals surface area contributed by atoms with Gasteiger partial charge in [-0.15, -0.1) is 11.3 Å². The molecular weight excluding hydrogens is 381 g/mol. The summed E-state index contributed by atoms with van der Waals surface area (Å²) in [4.78, 5) is 30.0. The Balaban J connectivity index is 1.68. The highest BCUT2D eigenvalue weighted by molar-refractivity contribution is 7.09. The molecule has 1 atom stereocenters. The normalized spacial score (nSPS) is 18.0. The van der Waals surface area contributed by atoms with E-state index in [1.54, 1.807) is 10.3 Å². The first kappa shape index (κ1) is 19.5. The molecule has 1 aliphatic heterocycles. The second-order valence-electron chi connectivity index (χ2n) is 6.63. The van der Waals surface area contributed by atoms with E-state index in [0.29, 0.717) is 18.8 Å². The van der Waals surface area contributed by atoms with E-state index in [0.717, 1.165) is 28.6 Å². The summed E-state index contributed by atoms with van der Waals surface area (Å²) in [5, 5.41) is 6.04. The average molecular weight is 400 g/mol. The van der Waals surface area contributed by atoms with Crippen molar-refractivity contribution in [3.05, 3.63) is 33.5 Å². The Labute approximate surface area is 158 Å². The van der Waals surface area contributed by atoms with Crippen molar-refractivity contribution in [2.45, 2.75) is 45.3 Å².